The third kappa shape index (κ3) is 3.68. The predicted molar refractivity (Wildman–Crippen MR) is 72.1 cm³/mol. The molecule has 1 aromatic heterocycles. The fraction of sp³-hybridized carbons (Fsp3) is 0.769. The van der Waals surface area contributed by atoms with Crippen LogP contribution in [0.4, 0.5) is 5.95 Å². The maximum Gasteiger partial charge on any atom is 0.303 e. The van der Waals surface area contributed by atoms with E-state index in [0.29, 0.717) is 5.92 Å². The number of aliphatic carboxylic acids is 1. The van der Waals surface area contributed by atoms with Gasteiger partial charge >= 0.3 is 5.97 Å². The van der Waals surface area contributed by atoms with Gasteiger partial charge in [-0.3, -0.25) is 4.79 Å². The van der Waals surface area contributed by atoms with Crippen LogP contribution in [-0.4, -0.2) is 38.9 Å². The number of hydrogen-bond acceptors (Lipinski definition) is 4. The van der Waals surface area contributed by atoms with Gasteiger partial charge in [0, 0.05) is 26.1 Å². The molecule has 1 saturated heterocycles. The molecular formula is C13H22N4O2. The van der Waals surface area contributed by atoms with E-state index in [1.165, 1.54) is 0 Å². The second-order valence-corrected chi connectivity index (χ2v) is 5.15. The van der Waals surface area contributed by atoms with Crippen molar-refractivity contribution < 1.29 is 9.90 Å². The Morgan fingerprint density at radius 2 is 2.21 bits per heavy atom. The van der Waals surface area contributed by atoms with E-state index in [2.05, 4.69) is 21.9 Å². The van der Waals surface area contributed by atoms with Crippen LogP contribution >= 0.6 is 0 Å². The molecule has 0 aromatic carbocycles. The minimum atomic E-state index is -0.690. The number of carboxylic acid groups (broad SMARTS) is 1. The SMILES string of the molecule is CCCn1ncnc1N1CCC(CCC(=O)O)CC1. The topological polar surface area (TPSA) is 71.2 Å². The molecule has 1 aliphatic heterocycles. The van der Waals surface area contributed by atoms with Crippen molar-refractivity contribution in [3.8, 4) is 0 Å². The number of carboxylic acids is 1. The Hall–Kier alpha value is -1.59. The van der Waals surface area contributed by atoms with Crippen LogP contribution in [0.2, 0.25) is 0 Å². The van der Waals surface area contributed by atoms with Crippen LogP contribution in [0.1, 0.15) is 39.0 Å². The van der Waals surface area contributed by atoms with Crippen molar-refractivity contribution in [1.29, 1.82) is 0 Å². The second kappa shape index (κ2) is 6.54. The van der Waals surface area contributed by atoms with Crippen molar-refractivity contribution >= 4 is 11.9 Å². The standard InChI is InChI=1S/C13H22N4O2/c1-2-7-17-13(14-10-15-17)16-8-5-11(6-9-16)3-4-12(18)19/h10-11H,2-9H2,1H3,(H,18,19). The molecule has 0 bridgehead atoms. The molecule has 0 saturated carbocycles. The monoisotopic (exact) mass is 266 g/mol. The summed E-state index contributed by atoms with van der Waals surface area (Å²) in [5.41, 5.74) is 0. The molecule has 1 aliphatic rings. The summed E-state index contributed by atoms with van der Waals surface area (Å²) in [7, 11) is 0. The molecule has 106 valence electrons. The summed E-state index contributed by atoms with van der Waals surface area (Å²) in [6, 6.07) is 0. The zero-order valence-corrected chi connectivity index (χ0v) is 11.5. The van der Waals surface area contributed by atoms with Crippen molar-refractivity contribution in [2.24, 2.45) is 5.92 Å². The molecule has 0 spiro atoms. The van der Waals surface area contributed by atoms with Crippen molar-refractivity contribution in [2.45, 2.75) is 45.6 Å². The van der Waals surface area contributed by atoms with Crippen LogP contribution in [0.15, 0.2) is 6.33 Å². The molecular weight excluding hydrogens is 244 g/mol. The third-order valence-corrected chi connectivity index (χ3v) is 3.69. The van der Waals surface area contributed by atoms with Gasteiger partial charge in [0.2, 0.25) is 5.95 Å². The Bertz CT molecular complexity index is 411. The van der Waals surface area contributed by atoms with Gasteiger partial charge in [0.05, 0.1) is 0 Å². The van der Waals surface area contributed by atoms with E-state index in [0.717, 1.165) is 51.3 Å². The predicted octanol–water partition coefficient (Wildman–Crippen LogP) is 1.77. The van der Waals surface area contributed by atoms with Gasteiger partial charge in [-0.1, -0.05) is 6.92 Å². The minimum Gasteiger partial charge on any atom is -0.481 e. The summed E-state index contributed by atoms with van der Waals surface area (Å²) >= 11 is 0. The first-order valence-electron chi connectivity index (χ1n) is 7.05. The molecule has 1 N–H and O–H groups in total. The molecule has 0 atom stereocenters. The fourth-order valence-corrected chi connectivity index (χ4v) is 2.62. The van der Waals surface area contributed by atoms with E-state index in [1.54, 1.807) is 6.33 Å². The Morgan fingerprint density at radius 3 is 2.84 bits per heavy atom. The van der Waals surface area contributed by atoms with Gasteiger partial charge in [-0.25, -0.2) is 4.68 Å². The average Bonchev–Trinajstić information content (AvgIpc) is 2.86. The lowest BCUT2D eigenvalue weighted by atomic mass is 9.92. The largest absolute Gasteiger partial charge is 0.481 e. The van der Waals surface area contributed by atoms with Crippen LogP contribution in [0, 0.1) is 5.92 Å². The molecule has 1 aromatic rings. The van der Waals surface area contributed by atoms with Crippen LogP contribution in [-0.2, 0) is 11.3 Å². The lowest BCUT2D eigenvalue weighted by Gasteiger charge is -2.32. The van der Waals surface area contributed by atoms with Crippen molar-refractivity contribution in [2.75, 3.05) is 18.0 Å². The van der Waals surface area contributed by atoms with E-state index < -0.39 is 5.97 Å². The van der Waals surface area contributed by atoms with Crippen LogP contribution in [0.3, 0.4) is 0 Å². The van der Waals surface area contributed by atoms with Gasteiger partial charge in [0.15, 0.2) is 0 Å². The maximum absolute atomic E-state index is 10.6. The number of anilines is 1. The van der Waals surface area contributed by atoms with Crippen molar-refractivity contribution in [3.05, 3.63) is 6.33 Å². The van der Waals surface area contributed by atoms with Crippen LogP contribution in [0.25, 0.3) is 0 Å². The highest BCUT2D eigenvalue weighted by Crippen LogP contribution is 2.24. The first kappa shape index (κ1) is 13.8. The highest BCUT2D eigenvalue weighted by molar-refractivity contribution is 5.66. The second-order valence-electron chi connectivity index (χ2n) is 5.15. The van der Waals surface area contributed by atoms with E-state index in [-0.39, 0.29) is 6.42 Å². The third-order valence-electron chi connectivity index (χ3n) is 3.69. The first-order valence-corrected chi connectivity index (χ1v) is 7.05. The molecule has 19 heavy (non-hydrogen) atoms. The van der Waals surface area contributed by atoms with Gasteiger partial charge < -0.3 is 10.0 Å². The lowest BCUT2D eigenvalue weighted by molar-refractivity contribution is -0.137. The average molecular weight is 266 g/mol. The van der Waals surface area contributed by atoms with Gasteiger partial charge in [-0.15, -0.1) is 0 Å². The number of aryl methyl sites for hydroxylation is 1. The summed E-state index contributed by atoms with van der Waals surface area (Å²) < 4.78 is 1.96. The highest BCUT2D eigenvalue weighted by Gasteiger charge is 2.22. The molecule has 0 aliphatic carbocycles. The molecule has 1 fully saturated rings. The zero-order valence-electron chi connectivity index (χ0n) is 11.5. The molecule has 0 unspecified atom stereocenters. The Morgan fingerprint density at radius 1 is 1.47 bits per heavy atom. The molecule has 2 rings (SSSR count). The summed E-state index contributed by atoms with van der Waals surface area (Å²) in [6.07, 6.45) is 5.84. The lowest BCUT2D eigenvalue weighted by Crippen LogP contribution is -2.35. The van der Waals surface area contributed by atoms with Crippen molar-refractivity contribution in [3.63, 3.8) is 0 Å². The molecule has 2 heterocycles. The normalized spacial score (nSPS) is 16.8. The van der Waals surface area contributed by atoms with Gasteiger partial charge in [-0.2, -0.15) is 10.1 Å². The molecule has 6 heteroatoms. The van der Waals surface area contributed by atoms with Crippen LogP contribution < -0.4 is 4.90 Å². The van der Waals surface area contributed by atoms with E-state index in [4.69, 9.17) is 5.11 Å². The maximum atomic E-state index is 10.6. The molecule has 6 nitrogen and oxygen atoms in total. The quantitative estimate of drug-likeness (QED) is 0.849. The minimum absolute atomic E-state index is 0.288. The van der Waals surface area contributed by atoms with Crippen LogP contribution in [0.5, 0.6) is 0 Å². The summed E-state index contributed by atoms with van der Waals surface area (Å²) in [4.78, 5) is 17.2. The number of carbonyl (C=O) groups is 1. The smallest absolute Gasteiger partial charge is 0.303 e. The highest BCUT2D eigenvalue weighted by atomic mass is 16.4. The summed E-state index contributed by atoms with van der Waals surface area (Å²) in [6.45, 7) is 4.93. The Kier molecular flexibility index (Phi) is 4.76. The molecule has 0 amide bonds. The number of nitrogens with zero attached hydrogens (tertiary/aromatic N) is 4. The van der Waals surface area contributed by atoms with E-state index >= 15 is 0 Å². The first-order chi connectivity index (χ1) is 9.20. The summed E-state index contributed by atoms with van der Waals surface area (Å²) in [5.74, 6) is 0.804. The number of rotatable bonds is 6. The van der Waals surface area contributed by atoms with Gasteiger partial charge in [0.25, 0.3) is 0 Å². The fourth-order valence-electron chi connectivity index (χ4n) is 2.62. The van der Waals surface area contributed by atoms with Crippen molar-refractivity contribution in [1.82, 2.24) is 14.8 Å². The Balaban J connectivity index is 1.85. The summed E-state index contributed by atoms with van der Waals surface area (Å²) in [5, 5.41) is 13.0. The number of piperidine rings is 1. The van der Waals surface area contributed by atoms with E-state index in [9.17, 15) is 4.79 Å². The number of aromatic nitrogens is 3. The number of hydrogen-bond donors (Lipinski definition) is 1. The van der Waals surface area contributed by atoms with Gasteiger partial charge in [-0.05, 0) is 31.6 Å². The zero-order chi connectivity index (χ0) is 13.7. The van der Waals surface area contributed by atoms with E-state index in [1.807, 2.05) is 4.68 Å². The Labute approximate surface area is 113 Å². The van der Waals surface area contributed by atoms with Gasteiger partial charge in [0.1, 0.15) is 6.33 Å². The molecule has 0 radical (unpaired) electrons.